The van der Waals surface area contributed by atoms with Crippen molar-refractivity contribution in [2.24, 2.45) is 0 Å². The fourth-order valence-corrected chi connectivity index (χ4v) is 1.54. The predicted octanol–water partition coefficient (Wildman–Crippen LogP) is 2.06. The molecule has 0 heterocycles. The van der Waals surface area contributed by atoms with Crippen molar-refractivity contribution in [2.45, 2.75) is 18.8 Å². The second-order valence-electron chi connectivity index (χ2n) is 3.62. The van der Waals surface area contributed by atoms with Gasteiger partial charge in [0, 0.05) is 11.6 Å². The number of carbonyl (C=O) groups is 1. The van der Waals surface area contributed by atoms with Crippen LogP contribution >= 0.6 is 11.6 Å². The van der Waals surface area contributed by atoms with Crippen LogP contribution in [-0.2, 0) is 10.2 Å². The Labute approximate surface area is 93.3 Å². The Balaban J connectivity index is 3.09. The molecule has 0 radical (unpaired) electrons. The molecule has 4 heteroatoms. The molecule has 0 amide bonds. The molecule has 1 rings (SSSR count). The van der Waals surface area contributed by atoms with E-state index in [1.807, 2.05) is 0 Å². The van der Waals surface area contributed by atoms with Crippen molar-refractivity contribution >= 4 is 17.6 Å². The summed E-state index contributed by atoms with van der Waals surface area (Å²) < 4.78 is 0. The number of carboxylic acids is 1. The predicted molar refractivity (Wildman–Crippen MR) is 58.1 cm³/mol. The fraction of sp³-hybridized carbons (Fsp3) is 0.364. The summed E-state index contributed by atoms with van der Waals surface area (Å²) in [6.45, 7) is 1.43. The van der Waals surface area contributed by atoms with E-state index < -0.39 is 11.4 Å². The topological polar surface area (TPSA) is 57.5 Å². The number of aliphatic hydroxyl groups is 1. The van der Waals surface area contributed by atoms with Gasteiger partial charge in [-0.2, -0.15) is 0 Å². The number of rotatable bonds is 4. The molecule has 82 valence electrons. The lowest BCUT2D eigenvalue weighted by Gasteiger charge is -2.24. The summed E-state index contributed by atoms with van der Waals surface area (Å²) >= 11 is 5.72. The highest BCUT2D eigenvalue weighted by molar-refractivity contribution is 6.30. The lowest BCUT2D eigenvalue weighted by Crippen LogP contribution is -2.33. The zero-order chi connectivity index (χ0) is 11.5. The molecular weight excluding hydrogens is 216 g/mol. The monoisotopic (exact) mass is 228 g/mol. The van der Waals surface area contributed by atoms with Crippen molar-refractivity contribution in [3.8, 4) is 0 Å². The van der Waals surface area contributed by atoms with Crippen molar-refractivity contribution in [2.75, 3.05) is 6.61 Å². The quantitative estimate of drug-likeness (QED) is 0.830. The molecule has 0 aromatic heterocycles. The Bertz CT molecular complexity index is 347. The van der Waals surface area contributed by atoms with E-state index in [-0.39, 0.29) is 13.0 Å². The molecule has 0 fully saturated rings. The summed E-state index contributed by atoms with van der Waals surface area (Å²) in [6.07, 6.45) is 0.184. The van der Waals surface area contributed by atoms with Gasteiger partial charge in [0.25, 0.3) is 0 Å². The van der Waals surface area contributed by atoms with Crippen LogP contribution in [0.4, 0.5) is 0 Å². The van der Waals surface area contributed by atoms with Gasteiger partial charge in [0.15, 0.2) is 0 Å². The molecule has 0 aliphatic rings. The normalized spacial score (nSPS) is 14.6. The summed E-state index contributed by atoms with van der Waals surface area (Å²) in [4.78, 5) is 11.2. The van der Waals surface area contributed by atoms with Gasteiger partial charge in [0.2, 0.25) is 0 Å². The van der Waals surface area contributed by atoms with E-state index in [4.69, 9.17) is 21.8 Å². The van der Waals surface area contributed by atoms with E-state index in [0.29, 0.717) is 10.6 Å². The summed E-state index contributed by atoms with van der Waals surface area (Å²) in [6, 6.07) is 6.64. The minimum Gasteiger partial charge on any atom is -0.481 e. The summed E-state index contributed by atoms with van der Waals surface area (Å²) in [7, 11) is 0. The molecule has 0 aliphatic heterocycles. The Hall–Kier alpha value is -1.06. The minimum absolute atomic E-state index is 0.161. The third kappa shape index (κ3) is 2.49. The van der Waals surface area contributed by atoms with Crippen LogP contribution < -0.4 is 0 Å². The SMILES string of the molecule is CC(CCO)(C(=O)O)c1ccc(Cl)cc1. The molecule has 1 aromatic rings. The number of halogens is 1. The average molecular weight is 229 g/mol. The molecule has 3 nitrogen and oxygen atoms in total. The Kier molecular flexibility index (Phi) is 3.72. The van der Waals surface area contributed by atoms with Gasteiger partial charge in [-0.05, 0) is 31.0 Å². The average Bonchev–Trinajstić information content (AvgIpc) is 2.18. The van der Waals surface area contributed by atoms with Gasteiger partial charge in [-0.1, -0.05) is 23.7 Å². The van der Waals surface area contributed by atoms with Crippen LogP contribution in [0, 0.1) is 0 Å². The number of aliphatic carboxylic acids is 1. The van der Waals surface area contributed by atoms with Crippen LogP contribution in [-0.4, -0.2) is 22.8 Å². The fourth-order valence-electron chi connectivity index (χ4n) is 1.42. The van der Waals surface area contributed by atoms with E-state index in [1.54, 1.807) is 31.2 Å². The number of carboxylic acid groups (broad SMARTS) is 1. The number of benzene rings is 1. The van der Waals surface area contributed by atoms with Crippen LogP contribution in [0.1, 0.15) is 18.9 Å². The maximum atomic E-state index is 11.2. The third-order valence-electron chi connectivity index (χ3n) is 2.57. The molecule has 1 unspecified atom stereocenters. The van der Waals surface area contributed by atoms with Gasteiger partial charge in [-0.3, -0.25) is 4.79 Å². The second-order valence-corrected chi connectivity index (χ2v) is 4.05. The molecular formula is C11H13ClO3. The van der Waals surface area contributed by atoms with E-state index in [0.717, 1.165) is 0 Å². The second kappa shape index (κ2) is 4.64. The van der Waals surface area contributed by atoms with E-state index in [9.17, 15) is 4.79 Å². The molecule has 0 aliphatic carbocycles. The van der Waals surface area contributed by atoms with E-state index in [1.165, 1.54) is 0 Å². The zero-order valence-corrected chi connectivity index (χ0v) is 9.16. The Morgan fingerprint density at radius 2 is 1.93 bits per heavy atom. The lowest BCUT2D eigenvalue weighted by molar-refractivity contribution is -0.143. The van der Waals surface area contributed by atoms with Crippen LogP contribution in [0.5, 0.6) is 0 Å². The Morgan fingerprint density at radius 3 is 2.33 bits per heavy atom. The van der Waals surface area contributed by atoms with Gasteiger partial charge in [0.05, 0.1) is 5.41 Å². The molecule has 0 saturated carbocycles. The van der Waals surface area contributed by atoms with Crippen LogP contribution in [0.15, 0.2) is 24.3 Å². The zero-order valence-electron chi connectivity index (χ0n) is 8.40. The number of aliphatic hydroxyl groups excluding tert-OH is 1. The van der Waals surface area contributed by atoms with Crippen LogP contribution in [0.2, 0.25) is 5.02 Å². The van der Waals surface area contributed by atoms with Gasteiger partial charge in [-0.15, -0.1) is 0 Å². The molecule has 15 heavy (non-hydrogen) atoms. The first-order valence-electron chi connectivity index (χ1n) is 4.61. The molecule has 1 atom stereocenters. The van der Waals surface area contributed by atoms with Gasteiger partial charge in [0.1, 0.15) is 0 Å². The number of hydrogen-bond donors (Lipinski definition) is 2. The first-order chi connectivity index (χ1) is 7.00. The molecule has 0 saturated heterocycles. The smallest absolute Gasteiger partial charge is 0.313 e. The highest BCUT2D eigenvalue weighted by atomic mass is 35.5. The Morgan fingerprint density at radius 1 is 1.40 bits per heavy atom. The van der Waals surface area contributed by atoms with Crippen molar-refractivity contribution in [3.63, 3.8) is 0 Å². The third-order valence-corrected chi connectivity index (χ3v) is 2.82. The summed E-state index contributed by atoms with van der Waals surface area (Å²) in [5.41, 5.74) is -0.409. The lowest BCUT2D eigenvalue weighted by atomic mass is 9.80. The van der Waals surface area contributed by atoms with Crippen LogP contribution in [0.25, 0.3) is 0 Å². The molecule has 1 aromatic carbocycles. The van der Waals surface area contributed by atoms with E-state index in [2.05, 4.69) is 0 Å². The summed E-state index contributed by atoms with van der Waals surface area (Å²) in [5.74, 6) is -0.945. The first kappa shape index (κ1) is 12.0. The van der Waals surface area contributed by atoms with Gasteiger partial charge >= 0.3 is 5.97 Å². The van der Waals surface area contributed by atoms with Crippen molar-refractivity contribution in [1.29, 1.82) is 0 Å². The largest absolute Gasteiger partial charge is 0.481 e. The highest BCUT2D eigenvalue weighted by Crippen LogP contribution is 2.28. The number of hydrogen-bond acceptors (Lipinski definition) is 2. The van der Waals surface area contributed by atoms with Crippen molar-refractivity contribution in [1.82, 2.24) is 0 Å². The van der Waals surface area contributed by atoms with Crippen molar-refractivity contribution in [3.05, 3.63) is 34.9 Å². The molecule has 2 N–H and O–H groups in total. The van der Waals surface area contributed by atoms with Gasteiger partial charge in [-0.25, -0.2) is 0 Å². The molecule has 0 bridgehead atoms. The maximum Gasteiger partial charge on any atom is 0.313 e. The summed E-state index contributed by atoms with van der Waals surface area (Å²) in [5, 5.41) is 18.6. The van der Waals surface area contributed by atoms with Crippen molar-refractivity contribution < 1.29 is 15.0 Å². The first-order valence-corrected chi connectivity index (χ1v) is 4.99. The highest BCUT2D eigenvalue weighted by Gasteiger charge is 2.34. The standard InChI is InChI=1S/C11H13ClO3/c1-11(6-7-13,10(14)15)8-2-4-9(12)5-3-8/h2-5,13H,6-7H2,1H3,(H,14,15). The molecule has 0 spiro atoms. The minimum atomic E-state index is -1.06. The van der Waals surface area contributed by atoms with Gasteiger partial charge < -0.3 is 10.2 Å². The van der Waals surface area contributed by atoms with E-state index >= 15 is 0 Å². The maximum absolute atomic E-state index is 11.2. The van der Waals surface area contributed by atoms with Crippen LogP contribution in [0.3, 0.4) is 0 Å².